The number of thiazole rings is 1. The molecule has 1 aromatic heterocycles. The minimum atomic E-state index is -0.470. The maximum absolute atomic E-state index is 13.4. The van der Waals surface area contributed by atoms with Crippen molar-refractivity contribution in [3.8, 4) is 11.5 Å². The van der Waals surface area contributed by atoms with E-state index >= 15 is 0 Å². The highest BCUT2D eigenvalue weighted by Gasteiger charge is 2.33. The Balaban J connectivity index is 1.13. The number of hydrogen-bond donors (Lipinski definition) is 2. The van der Waals surface area contributed by atoms with Gasteiger partial charge in [0.25, 0.3) is 0 Å². The van der Waals surface area contributed by atoms with Crippen molar-refractivity contribution in [2.45, 2.75) is 77.2 Å². The second-order valence-electron chi connectivity index (χ2n) is 14.8. The molecule has 2 aliphatic rings. The van der Waals surface area contributed by atoms with E-state index in [0.29, 0.717) is 101 Å². The third kappa shape index (κ3) is 14.3. The first-order valence-corrected chi connectivity index (χ1v) is 21.3. The molecule has 15 nitrogen and oxygen atoms in total. The Morgan fingerprint density at radius 2 is 1.38 bits per heavy atom. The number of ether oxygens (including phenoxy) is 4. The van der Waals surface area contributed by atoms with E-state index < -0.39 is 23.8 Å². The lowest BCUT2D eigenvalue weighted by molar-refractivity contribution is -0.142. The van der Waals surface area contributed by atoms with E-state index in [1.54, 1.807) is 18.2 Å². The standard InChI is InChI=1S/C44H53N5O10S/c1-3-34(50)28-56-24-9-23-46-41(53)30-14-18-32(19-15-30)43(55)59-37-21-20-35(26-33(37)27-47-49-44-48-36-10-5-6-11-38(36)60-44)58-42(54)31-16-12-29(13-17-31)40(52)45-22-7-8-25-57-39(51)4-2/h3-6,10-11,20-21,26,29-32H,1-2,7-9,12-19,22-25,27-28H2,(H,45,52)(H,46,53). The number of nitrogens with zero attached hydrogens (tertiary/aromatic N) is 3. The first-order valence-electron chi connectivity index (χ1n) is 20.5. The molecule has 2 N–H and O–H groups in total. The predicted molar refractivity (Wildman–Crippen MR) is 223 cm³/mol. The van der Waals surface area contributed by atoms with Crippen LogP contribution in [0.2, 0.25) is 0 Å². The number of hydrogen-bond acceptors (Lipinski definition) is 14. The van der Waals surface area contributed by atoms with Crippen LogP contribution in [0.15, 0.2) is 78.0 Å². The van der Waals surface area contributed by atoms with Crippen LogP contribution in [0.4, 0.5) is 5.13 Å². The number of rotatable bonds is 22. The van der Waals surface area contributed by atoms with Gasteiger partial charge in [0.2, 0.25) is 16.9 Å². The van der Waals surface area contributed by atoms with Crippen molar-refractivity contribution in [2.75, 3.05) is 32.9 Å². The molecule has 0 unspecified atom stereocenters. The van der Waals surface area contributed by atoms with Gasteiger partial charge in [-0.15, -0.1) is 5.11 Å². The molecule has 0 aliphatic heterocycles. The number of nitrogens with one attached hydrogen (secondary N) is 2. The Bertz CT molecular complexity index is 1980. The molecule has 2 saturated carbocycles. The van der Waals surface area contributed by atoms with Gasteiger partial charge in [-0.2, -0.15) is 5.11 Å². The van der Waals surface area contributed by atoms with Crippen LogP contribution in [0.1, 0.15) is 76.2 Å². The predicted octanol–water partition coefficient (Wildman–Crippen LogP) is 6.91. The lowest BCUT2D eigenvalue weighted by Crippen LogP contribution is -2.36. The highest BCUT2D eigenvalue weighted by molar-refractivity contribution is 7.21. The van der Waals surface area contributed by atoms with Crippen LogP contribution in [0.25, 0.3) is 10.2 Å². The SMILES string of the molecule is C=CC(=O)COCCCNC(=O)C1CCC(C(=O)Oc2ccc(OC(=O)C3CCC(C(=O)NCCCCOC(=O)C=C)CC3)cc2CN=Nc2nc3ccccc3s2)CC1. The largest absolute Gasteiger partial charge is 0.463 e. The average Bonchev–Trinajstić information content (AvgIpc) is 3.69. The summed E-state index contributed by atoms with van der Waals surface area (Å²) in [6, 6.07) is 12.5. The van der Waals surface area contributed by atoms with Crippen LogP contribution in [-0.4, -0.2) is 73.4 Å². The van der Waals surface area contributed by atoms with Crippen molar-refractivity contribution >= 4 is 62.2 Å². The zero-order chi connectivity index (χ0) is 42.7. The molecular weight excluding hydrogens is 791 g/mol. The molecule has 0 atom stereocenters. The maximum atomic E-state index is 13.4. The summed E-state index contributed by atoms with van der Waals surface area (Å²) >= 11 is 1.40. The number of aromatic nitrogens is 1. The molecule has 60 heavy (non-hydrogen) atoms. The summed E-state index contributed by atoms with van der Waals surface area (Å²) in [6.45, 7) is 8.27. The van der Waals surface area contributed by atoms with Crippen molar-refractivity contribution in [1.29, 1.82) is 0 Å². The van der Waals surface area contributed by atoms with Crippen LogP contribution in [0.5, 0.6) is 11.5 Å². The molecule has 3 aromatic rings. The number of carbonyl (C=O) groups excluding carboxylic acids is 6. The van der Waals surface area contributed by atoms with Gasteiger partial charge in [-0.25, -0.2) is 9.78 Å². The molecule has 2 amide bonds. The van der Waals surface area contributed by atoms with E-state index in [1.807, 2.05) is 24.3 Å². The van der Waals surface area contributed by atoms with Gasteiger partial charge in [-0.05, 0) is 107 Å². The fraction of sp³-hybridized carbons (Fsp3) is 0.477. The topological polar surface area (TPSA) is 201 Å². The van der Waals surface area contributed by atoms with Crippen molar-refractivity contribution in [3.05, 3.63) is 73.3 Å². The Morgan fingerprint density at radius 3 is 2.03 bits per heavy atom. The van der Waals surface area contributed by atoms with Crippen LogP contribution in [0.3, 0.4) is 0 Å². The smallest absolute Gasteiger partial charge is 0.330 e. The minimum absolute atomic E-state index is 0.0205. The fourth-order valence-corrected chi connectivity index (χ4v) is 7.87. The summed E-state index contributed by atoms with van der Waals surface area (Å²) in [4.78, 5) is 79.2. The van der Waals surface area contributed by atoms with Gasteiger partial charge in [0.1, 0.15) is 18.1 Å². The van der Waals surface area contributed by atoms with Crippen molar-refractivity contribution in [3.63, 3.8) is 0 Å². The number of benzene rings is 2. The number of amides is 2. The molecule has 0 spiro atoms. The molecular formula is C44H53N5O10S. The molecule has 0 bridgehead atoms. The van der Waals surface area contributed by atoms with Crippen LogP contribution in [-0.2, 0) is 44.8 Å². The first kappa shape index (κ1) is 45.5. The van der Waals surface area contributed by atoms with E-state index in [9.17, 15) is 28.8 Å². The van der Waals surface area contributed by atoms with Crippen LogP contribution < -0.4 is 20.1 Å². The van der Waals surface area contributed by atoms with E-state index in [4.69, 9.17) is 18.9 Å². The molecule has 16 heteroatoms. The summed E-state index contributed by atoms with van der Waals surface area (Å²) in [6.07, 6.45) is 8.37. The molecule has 2 aromatic carbocycles. The van der Waals surface area contributed by atoms with Crippen molar-refractivity contribution < 1.29 is 47.7 Å². The van der Waals surface area contributed by atoms with E-state index in [-0.39, 0.29) is 66.6 Å². The summed E-state index contributed by atoms with van der Waals surface area (Å²) in [5, 5.41) is 15.0. The van der Waals surface area contributed by atoms with Gasteiger partial charge < -0.3 is 29.6 Å². The minimum Gasteiger partial charge on any atom is -0.463 e. The zero-order valence-corrected chi connectivity index (χ0v) is 34.6. The van der Waals surface area contributed by atoms with Gasteiger partial charge in [-0.3, -0.25) is 24.0 Å². The number of para-hydroxylation sites is 1. The zero-order valence-electron chi connectivity index (χ0n) is 33.8. The Labute approximate surface area is 353 Å². The summed E-state index contributed by atoms with van der Waals surface area (Å²) in [7, 11) is 0. The van der Waals surface area contributed by atoms with Gasteiger partial charge in [0.05, 0.1) is 35.2 Å². The first-order chi connectivity index (χ1) is 29.1. The Kier molecular flexibility index (Phi) is 18.1. The van der Waals surface area contributed by atoms with E-state index in [1.165, 1.54) is 17.4 Å². The Morgan fingerprint density at radius 1 is 0.750 bits per heavy atom. The van der Waals surface area contributed by atoms with Gasteiger partial charge in [0.15, 0.2) is 5.78 Å². The second-order valence-corrected chi connectivity index (χ2v) is 15.8. The fourth-order valence-electron chi connectivity index (χ4n) is 7.07. The highest BCUT2D eigenvalue weighted by Crippen LogP contribution is 2.34. The third-order valence-corrected chi connectivity index (χ3v) is 11.4. The number of azo groups is 1. The van der Waals surface area contributed by atoms with Crippen LogP contribution >= 0.6 is 11.3 Å². The highest BCUT2D eigenvalue weighted by atomic mass is 32.1. The van der Waals surface area contributed by atoms with Crippen molar-refractivity contribution in [2.24, 2.45) is 33.9 Å². The van der Waals surface area contributed by atoms with Gasteiger partial charge in [0, 0.05) is 43.2 Å². The molecule has 0 radical (unpaired) electrons. The number of fused-ring (bicyclic) bond motifs is 1. The molecule has 2 fully saturated rings. The summed E-state index contributed by atoms with van der Waals surface area (Å²) in [5.41, 5.74) is 1.30. The van der Waals surface area contributed by atoms with Gasteiger partial charge in [-0.1, -0.05) is 36.6 Å². The van der Waals surface area contributed by atoms with Gasteiger partial charge >= 0.3 is 17.9 Å². The number of carbonyl (C=O) groups is 6. The lowest BCUT2D eigenvalue weighted by Gasteiger charge is -2.27. The third-order valence-electron chi connectivity index (χ3n) is 10.5. The number of esters is 3. The molecule has 320 valence electrons. The molecule has 5 rings (SSSR count). The normalized spacial score (nSPS) is 18.9. The maximum Gasteiger partial charge on any atom is 0.330 e. The quantitative estimate of drug-likeness (QED) is 0.0350. The Hall–Kier alpha value is -5.61. The van der Waals surface area contributed by atoms with E-state index in [0.717, 1.165) is 16.3 Å². The van der Waals surface area contributed by atoms with Crippen molar-refractivity contribution in [1.82, 2.24) is 15.6 Å². The van der Waals surface area contributed by atoms with Crippen LogP contribution in [0, 0.1) is 23.7 Å². The molecule has 1 heterocycles. The van der Waals surface area contributed by atoms with E-state index in [2.05, 4.69) is 39.0 Å². The lowest BCUT2D eigenvalue weighted by atomic mass is 9.81. The average molecular weight is 844 g/mol. The monoisotopic (exact) mass is 843 g/mol. The number of ketones is 1. The summed E-state index contributed by atoms with van der Waals surface area (Å²) in [5.74, 6) is -2.24. The summed E-state index contributed by atoms with van der Waals surface area (Å²) < 4.78 is 22.9. The molecule has 2 aliphatic carbocycles. The molecule has 0 saturated heterocycles. The second kappa shape index (κ2) is 23.8. The number of unbranched alkanes of at least 4 members (excludes halogenated alkanes) is 1.